The van der Waals surface area contributed by atoms with E-state index in [4.69, 9.17) is 28.4 Å². The molecule has 61 heavy (non-hydrogen) atoms. The Morgan fingerprint density at radius 1 is 0.508 bits per heavy atom. The zero-order valence-electron chi connectivity index (χ0n) is 35.9. The molecule has 14 nitrogen and oxygen atoms in total. The van der Waals surface area contributed by atoms with Crippen molar-refractivity contribution in [3.05, 3.63) is 58.7 Å². The van der Waals surface area contributed by atoms with Crippen LogP contribution in [0.3, 0.4) is 0 Å². The van der Waals surface area contributed by atoms with E-state index in [0.29, 0.717) is 47.3 Å². The molecule has 2 N–H and O–H groups in total. The van der Waals surface area contributed by atoms with Crippen LogP contribution in [-0.4, -0.2) is 97.9 Å². The average molecular weight is 851 g/mol. The summed E-state index contributed by atoms with van der Waals surface area (Å²) >= 11 is 0. The fourth-order valence-electron chi connectivity index (χ4n) is 11.1. The van der Waals surface area contributed by atoms with Crippen LogP contribution in [0.25, 0.3) is 0 Å². The summed E-state index contributed by atoms with van der Waals surface area (Å²) in [6.45, 7) is 12.2. The van der Waals surface area contributed by atoms with Crippen LogP contribution in [0.15, 0.2) is 36.4 Å². The second-order valence-corrected chi connectivity index (χ2v) is 18.8. The topological polar surface area (TPSA) is 198 Å². The van der Waals surface area contributed by atoms with Crippen LogP contribution in [0, 0.1) is 59.2 Å². The number of rotatable bonds is 18. The highest BCUT2D eigenvalue weighted by Crippen LogP contribution is 2.56. The second kappa shape index (κ2) is 20.1. The van der Waals surface area contributed by atoms with Crippen molar-refractivity contribution in [1.29, 1.82) is 0 Å². The first-order chi connectivity index (χ1) is 29.0. The Morgan fingerprint density at radius 2 is 0.803 bits per heavy atom. The average Bonchev–Trinajstić information content (AvgIpc) is 3.20. The van der Waals surface area contributed by atoms with Crippen LogP contribution in [0.4, 0.5) is 0 Å². The van der Waals surface area contributed by atoms with Gasteiger partial charge in [0.05, 0.1) is 35.5 Å². The molecule has 6 aliphatic carbocycles. The molecule has 0 spiro atoms. The molecule has 2 atom stereocenters. The van der Waals surface area contributed by atoms with Crippen molar-refractivity contribution in [3.8, 4) is 0 Å². The van der Waals surface area contributed by atoms with Gasteiger partial charge in [0.15, 0.2) is 0 Å². The minimum atomic E-state index is -1.45. The summed E-state index contributed by atoms with van der Waals surface area (Å²) in [5, 5.41) is 20.9. The van der Waals surface area contributed by atoms with Crippen molar-refractivity contribution in [2.24, 2.45) is 59.2 Å². The van der Waals surface area contributed by atoms with Crippen molar-refractivity contribution in [2.75, 3.05) is 39.6 Å². The van der Waals surface area contributed by atoms with Gasteiger partial charge in [0.2, 0.25) is 0 Å². The number of carbonyl (C=O) groups is 6. The molecule has 2 unspecified atom stereocenters. The Labute approximate surface area is 357 Å². The van der Waals surface area contributed by atoms with E-state index in [9.17, 15) is 39.0 Å². The smallest absolute Gasteiger partial charge is 0.339 e. The predicted molar refractivity (Wildman–Crippen MR) is 219 cm³/mol. The highest BCUT2D eigenvalue weighted by molar-refractivity contribution is 6.10. The Hall–Kier alpha value is -4.56. The fourth-order valence-corrected chi connectivity index (χ4v) is 11.1. The number of carbonyl (C=O) groups excluding carboxylic acids is 6. The van der Waals surface area contributed by atoms with E-state index >= 15 is 0 Å². The number of fused-ring (bicyclic) bond motifs is 2. The van der Waals surface area contributed by atoms with Gasteiger partial charge in [0.25, 0.3) is 0 Å². The maximum atomic E-state index is 14.1. The maximum Gasteiger partial charge on any atom is 0.339 e. The van der Waals surface area contributed by atoms with Crippen LogP contribution in [0.5, 0.6) is 0 Å². The molecule has 14 heteroatoms. The molecule has 0 aromatic heterocycles. The van der Waals surface area contributed by atoms with Gasteiger partial charge >= 0.3 is 35.8 Å². The monoisotopic (exact) mass is 850 g/mol. The van der Waals surface area contributed by atoms with Crippen LogP contribution in [-0.2, 0) is 38.0 Å². The highest BCUT2D eigenvalue weighted by Gasteiger charge is 2.49. The van der Waals surface area contributed by atoms with Gasteiger partial charge in [0.1, 0.15) is 38.6 Å². The van der Waals surface area contributed by atoms with Crippen molar-refractivity contribution in [3.63, 3.8) is 0 Å². The molecule has 7 rings (SSSR count). The largest absolute Gasteiger partial charge is 0.462 e. The maximum absolute atomic E-state index is 14.1. The zero-order valence-corrected chi connectivity index (χ0v) is 35.9. The molecule has 6 saturated carbocycles. The molecule has 0 saturated heterocycles. The second-order valence-electron chi connectivity index (χ2n) is 18.8. The van der Waals surface area contributed by atoms with E-state index in [1.807, 2.05) is 0 Å². The number of hydrogen-bond donors (Lipinski definition) is 2. The number of aliphatic hydroxyl groups is 2. The molecule has 6 bridgehead atoms. The lowest BCUT2D eigenvalue weighted by atomic mass is 9.52. The summed E-state index contributed by atoms with van der Waals surface area (Å²) in [6, 6.07) is 2.07. The number of hydrogen-bond acceptors (Lipinski definition) is 14. The number of aliphatic hydroxyl groups excluding tert-OH is 2. The lowest BCUT2D eigenvalue weighted by molar-refractivity contribution is -0.143. The molecule has 6 fully saturated rings. The molecule has 0 amide bonds. The normalized spacial score (nSPS) is 29.3. The molecular formula is C47H62O14. The van der Waals surface area contributed by atoms with Crippen LogP contribution in [0.1, 0.15) is 127 Å². The SMILES string of the molecule is C=C(C)C(=O)OCC(O)COC(=O)c1cc(C(=O)OCC2C3CC4CC(C3)CC2C4)c(C(=O)OCC(O)COC(=O)C(=C)C)cc1C(=O)OCC1C2CC(C)CC1CC(C)C2. The third-order valence-corrected chi connectivity index (χ3v) is 13.6. The molecule has 6 aliphatic rings. The van der Waals surface area contributed by atoms with Crippen LogP contribution >= 0.6 is 0 Å². The van der Waals surface area contributed by atoms with Crippen molar-refractivity contribution < 1.29 is 67.4 Å². The lowest BCUT2D eigenvalue weighted by Crippen LogP contribution is -2.46. The van der Waals surface area contributed by atoms with Gasteiger partial charge in [0, 0.05) is 11.1 Å². The molecule has 0 aliphatic heterocycles. The Bertz CT molecular complexity index is 1810. The lowest BCUT2D eigenvalue weighted by Gasteiger charge is -2.54. The zero-order chi connectivity index (χ0) is 44.1. The molecule has 334 valence electrons. The molecule has 1 aromatic carbocycles. The van der Waals surface area contributed by atoms with Crippen LogP contribution in [0.2, 0.25) is 0 Å². The first kappa shape index (κ1) is 46.0. The molecule has 1 aromatic rings. The molecular weight excluding hydrogens is 789 g/mol. The van der Waals surface area contributed by atoms with Gasteiger partial charge in [-0.2, -0.15) is 0 Å². The van der Waals surface area contributed by atoms with Gasteiger partial charge in [-0.05, 0) is 143 Å². The van der Waals surface area contributed by atoms with Crippen molar-refractivity contribution >= 4 is 35.8 Å². The van der Waals surface area contributed by atoms with Crippen molar-refractivity contribution in [1.82, 2.24) is 0 Å². The third-order valence-electron chi connectivity index (χ3n) is 13.6. The summed E-state index contributed by atoms with van der Waals surface area (Å²) in [7, 11) is 0. The first-order valence-electron chi connectivity index (χ1n) is 21.8. The Balaban J connectivity index is 1.27. The number of esters is 6. The highest BCUT2D eigenvalue weighted by atomic mass is 16.6. The van der Waals surface area contributed by atoms with Gasteiger partial charge in [-0.1, -0.05) is 27.0 Å². The van der Waals surface area contributed by atoms with E-state index < -0.39 is 91.1 Å². The van der Waals surface area contributed by atoms with Crippen LogP contribution < -0.4 is 0 Å². The number of ether oxygens (including phenoxy) is 6. The molecule has 0 radical (unpaired) electrons. The van der Waals surface area contributed by atoms with E-state index in [-0.39, 0.29) is 41.8 Å². The number of benzene rings is 1. The van der Waals surface area contributed by atoms with E-state index in [1.54, 1.807) is 0 Å². The summed E-state index contributed by atoms with van der Waals surface area (Å²) < 4.78 is 32.6. The fraction of sp³-hybridized carbons (Fsp3) is 0.660. The minimum absolute atomic E-state index is 0.0823. The first-order valence-corrected chi connectivity index (χ1v) is 21.8. The van der Waals surface area contributed by atoms with E-state index in [1.165, 1.54) is 20.3 Å². The van der Waals surface area contributed by atoms with Gasteiger partial charge < -0.3 is 38.6 Å². The summed E-state index contributed by atoms with van der Waals surface area (Å²) in [5.74, 6) is -1.33. The quantitative estimate of drug-likeness (QED) is 0.0983. The Morgan fingerprint density at radius 3 is 1.13 bits per heavy atom. The third kappa shape index (κ3) is 11.5. The predicted octanol–water partition coefficient (Wildman–Crippen LogP) is 6.05. The van der Waals surface area contributed by atoms with E-state index in [2.05, 4.69) is 27.0 Å². The van der Waals surface area contributed by atoms with Gasteiger partial charge in [-0.15, -0.1) is 0 Å². The Kier molecular flexibility index (Phi) is 15.1. The van der Waals surface area contributed by atoms with E-state index in [0.717, 1.165) is 63.5 Å². The summed E-state index contributed by atoms with van der Waals surface area (Å²) in [4.78, 5) is 79.7. The standard InChI is InChI=1S/C47H62O14/c1-24(2)42(50)56-18-34(48)20-58-44(52)36-17-39(47(55)61-23-41-32-12-28-11-29(14-32)15-33(41)13-28)37(45(53)59-21-35(49)19-57-43(51)25(3)4)16-38(36)46(54)60-22-40-30-7-26(5)8-31(40)10-27(6)9-30/h16-17,26-35,40-41,48-49H,1,3,7-15,18-23H2,2,4-6H3. The summed E-state index contributed by atoms with van der Waals surface area (Å²) in [6.07, 6.45) is 6.76. The van der Waals surface area contributed by atoms with Crippen molar-refractivity contribution in [2.45, 2.75) is 97.7 Å². The van der Waals surface area contributed by atoms with Gasteiger partial charge in [-0.25, -0.2) is 28.8 Å². The summed E-state index contributed by atoms with van der Waals surface area (Å²) in [5.41, 5.74) is -1.41. The minimum Gasteiger partial charge on any atom is -0.462 e. The molecule has 0 heterocycles. The van der Waals surface area contributed by atoms with Gasteiger partial charge in [-0.3, -0.25) is 0 Å².